The van der Waals surface area contributed by atoms with E-state index < -0.39 is 6.61 Å². The van der Waals surface area contributed by atoms with E-state index in [9.17, 15) is 14.0 Å². The second-order valence-electron chi connectivity index (χ2n) is 6.80. The number of alkyl halides is 2. The SMILES string of the molecule is N#Cc1cnc2ccc(OC(F)F)cc2c1NCc1ccn(C2CCCC2)n1. The van der Waals surface area contributed by atoms with Gasteiger partial charge in [0.15, 0.2) is 0 Å². The van der Waals surface area contributed by atoms with Crippen LogP contribution >= 0.6 is 0 Å². The first-order chi connectivity index (χ1) is 13.6. The van der Waals surface area contributed by atoms with E-state index in [4.69, 9.17) is 0 Å². The summed E-state index contributed by atoms with van der Waals surface area (Å²) >= 11 is 0. The molecule has 28 heavy (non-hydrogen) atoms. The molecule has 1 aliphatic rings. The van der Waals surface area contributed by atoms with Crippen molar-refractivity contribution >= 4 is 16.6 Å². The van der Waals surface area contributed by atoms with E-state index in [0.717, 1.165) is 18.5 Å². The summed E-state index contributed by atoms with van der Waals surface area (Å²) in [6, 6.07) is 8.99. The number of halogens is 2. The first kappa shape index (κ1) is 18.2. The molecule has 0 aliphatic heterocycles. The van der Waals surface area contributed by atoms with Crippen LogP contribution in [0.25, 0.3) is 10.9 Å². The molecular formula is C20H19F2N5O. The molecule has 0 radical (unpaired) electrons. The average molecular weight is 383 g/mol. The molecule has 0 spiro atoms. The molecule has 2 aromatic heterocycles. The minimum Gasteiger partial charge on any atom is -0.435 e. The van der Waals surface area contributed by atoms with Crippen LogP contribution in [0.5, 0.6) is 5.75 Å². The number of hydrogen-bond donors (Lipinski definition) is 1. The molecule has 0 atom stereocenters. The molecule has 0 amide bonds. The second kappa shape index (κ2) is 7.80. The zero-order valence-corrected chi connectivity index (χ0v) is 15.1. The standard InChI is InChI=1S/C20H19F2N5O/c21-20(22)28-16-5-6-18-17(9-16)19(13(10-23)11-24-18)25-12-14-7-8-27(26-14)15-3-1-2-4-15/h5-9,11,15,20H,1-4,12H2,(H,24,25). The number of hydrogen-bond acceptors (Lipinski definition) is 5. The summed E-state index contributed by atoms with van der Waals surface area (Å²) in [5, 5.41) is 17.8. The summed E-state index contributed by atoms with van der Waals surface area (Å²) in [7, 11) is 0. The van der Waals surface area contributed by atoms with Gasteiger partial charge in [-0.2, -0.15) is 19.1 Å². The highest BCUT2D eigenvalue weighted by atomic mass is 19.3. The van der Waals surface area contributed by atoms with Crippen LogP contribution in [-0.4, -0.2) is 21.4 Å². The van der Waals surface area contributed by atoms with Gasteiger partial charge < -0.3 is 10.1 Å². The highest BCUT2D eigenvalue weighted by Gasteiger charge is 2.18. The number of nitriles is 1. The van der Waals surface area contributed by atoms with Gasteiger partial charge in [-0.3, -0.25) is 9.67 Å². The fourth-order valence-electron chi connectivity index (χ4n) is 3.65. The van der Waals surface area contributed by atoms with Crippen molar-refractivity contribution in [3.63, 3.8) is 0 Å². The zero-order chi connectivity index (χ0) is 19.5. The van der Waals surface area contributed by atoms with Crippen LogP contribution in [0.3, 0.4) is 0 Å². The van der Waals surface area contributed by atoms with Gasteiger partial charge in [0, 0.05) is 17.8 Å². The van der Waals surface area contributed by atoms with Crippen LogP contribution in [0.1, 0.15) is 43.0 Å². The lowest BCUT2D eigenvalue weighted by molar-refractivity contribution is -0.0497. The first-order valence-corrected chi connectivity index (χ1v) is 9.19. The Morgan fingerprint density at radius 2 is 2.11 bits per heavy atom. The Hall–Kier alpha value is -3.21. The summed E-state index contributed by atoms with van der Waals surface area (Å²) in [4.78, 5) is 4.22. The van der Waals surface area contributed by atoms with Gasteiger partial charge in [0.1, 0.15) is 11.8 Å². The van der Waals surface area contributed by atoms with Crippen molar-refractivity contribution in [1.82, 2.24) is 14.8 Å². The fraction of sp³-hybridized carbons (Fsp3) is 0.350. The Morgan fingerprint density at radius 1 is 1.29 bits per heavy atom. The largest absolute Gasteiger partial charge is 0.435 e. The number of nitrogens with one attached hydrogen (secondary N) is 1. The molecule has 1 N–H and O–H groups in total. The molecule has 144 valence electrons. The zero-order valence-electron chi connectivity index (χ0n) is 15.1. The summed E-state index contributed by atoms with van der Waals surface area (Å²) in [6.07, 6.45) is 8.21. The maximum Gasteiger partial charge on any atom is 0.387 e. The van der Waals surface area contributed by atoms with E-state index in [0.29, 0.717) is 34.7 Å². The summed E-state index contributed by atoms with van der Waals surface area (Å²) in [5.74, 6) is 0.0213. The Morgan fingerprint density at radius 3 is 2.86 bits per heavy atom. The van der Waals surface area contributed by atoms with E-state index in [1.165, 1.54) is 31.2 Å². The van der Waals surface area contributed by atoms with Crippen molar-refractivity contribution in [2.45, 2.75) is 44.9 Å². The molecule has 0 saturated heterocycles. The van der Waals surface area contributed by atoms with Crippen LogP contribution in [0, 0.1) is 11.3 Å². The molecule has 1 fully saturated rings. The van der Waals surface area contributed by atoms with Crippen molar-refractivity contribution in [2.24, 2.45) is 0 Å². The quantitative estimate of drug-likeness (QED) is 0.672. The molecule has 8 heteroatoms. The number of pyridine rings is 1. The topological polar surface area (TPSA) is 75.8 Å². The van der Waals surface area contributed by atoms with Crippen molar-refractivity contribution in [3.05, 3.63) is 47.9 Å². The Kier molecular flexibility index (Phi) is 5.06. The summed E-state index contributed by atoms with van der Waals surface area (Å²) < 4.78 is 31.6. The molecule has 0 unspecified atom stereocenters. The van der Waals surface area contributed by atoms with Gasteiger partial charge in [-0.1, -0.05) is 12.8 Å². The first-order valence-electron chi connectivity index (χ1n) is 9.19. The lowest BCUT2D eigenvalue weighted by Crippen LogP contribution is -2.08. The van der Waals surface area contributed by atoms with Crippen molar-refractivity contribution in [1.29, 1.82) is 5.26 Å². The maximum absolute atomic E-state index is 12.5. The fourth-order valence-corrected chi connectivity index (χ4v) is 3.65. The smallest absolute Gasteiger partial charge is 0.387 e. The van der Waals surface area contributed by atoms with E-state index in [-0.39, 0.29) is 5.75 Å². The molecular weight excluding hydrogens is 364 g/mol. The van der Waals surface area contributed by atoms with Gasteiger partial charge in [0.05, 0.1) is 35.0 Å². The lowest BCUT2D eigenvalue weighted by atomic mass is 10.1. The maximum atomic E-state index is 12.5. The van der Waals surface area contributed by atoms with E-state index in [1.807, 2.05) is 16.9 Å². The third-order valence-electron chi connectivity index (χ3n) is 4.99. The minimum atomic E-state index is -2.92. The van der Waals surface area contributed by atoms with Gasteiger partial charge in [0.25, 0.3) is 0 Å². The molecule has 2 heterocycles. The van der Waals surface area contributed by atoms with Gasteiger partial charge in [0.2, 0.25) is 0 Å². The average Bonchev–Trinajstić information content (AvgIpc) is 3.37. The third kappa shape index (κ3) is 3.74. The van der Waals surface area contributed by atoms with Gasteiger partial charge in [-0.05, 0) is 37.1 Å². The number of rotatable bonds is 6. The molecule has 1 aromatic carbocycles. The molecule has 4 rings (SSSR count). The Bertz CT molecular complexity index is 1020. The molecule has 6 nitrogen and oxygen atoms in total. The highest BCUT2D eigenvalue weighted by Crippen LogP contribution is 2.31. The normalized spacial score (nSPS) is 14.5. The van der Waals surface area contributed by atoms with Gasteiger partial charge >= 0.3 is 6.61 Å². The number of benzene rings is 1. The van der Waals surface area contributed by atoms with Crippen LogP contribution in [0.2, 0.25) is 0 Å². The van der Waals surface area contributed by atoms with Crippen LogP contribution in [0.4, 0.5) is 14.5 Å². The lowest BCUT2D eigenvalue weighted by Gasteiger charge is -2.12. The molecule has 0 bridgehead atoms. The van der Waals surface area contributed by atoms with Crippen molar-refractivity contribution in [2.75, 3.05) is 5.32 Å². The Balaban J connectivity index is 1.60. The second-order valence-corrected chi connectivity index (χ2v) is 6.80. The highest BCUT2D eigenvalue weighted by molar-refractivity contribution is 5.94. The molecule has 1 saturated carbocycles. The molecule has 1 aliphatic carbocycles. The monoisotopic (exact) mass is 383 g/mol. The van der Waals surface area contributed by atoms with E-state index in [2.05, 4.69) is 26.2 Å². The summed E-state index contributed by atoms with van der Waals surface area (Å²) in [5.41, 5.74) is 2.29. The third-order valence-corrected chi connectivity index (χ3v) is 4.99. The molecule has 3 aromatic rings. The van der Waals surface area contributed by atoms with E-state index >= 15 is 0 Å². The van der Waals surface area contributed by atoms with Gasteiger partial charge in [-0.25, -0.2) is 0 Å². The number of aromatic nitrogens is 3. The van der Waals surface area contributed by atoms with Crippen molar-refractivity contribution < 1.29 is 13.5 Å². The van der Waals surface area contributed by atoms with Crippen molar-refractivity contribution in [3.8, 4) is 11.8 Å². The van der Waals surface area contributed by atoms with E-state index in [1.54, 1.807) is 6.07 Å². The predicted molar refractivity (Wildman–Crippen MR) is 100 cm³/mol. The van der Waals surface area contributed by atoms with Crippen LogP contribution in [0.15, 0.2) is 36.7 Å². The Labute approximate surface area is 160 Å². The number of ether oxygens (including phenoxy) is 1. The predicted octanol–water partition coefficient (Wildman–Crippen LogP) is 4.63. The van der Waals surface area contributed by atoms with Crippen LogP contribution in [-0.2, 0) is 6.54 Å². The number of fused-ring (bicyclic) bond motifs is 1. The minimum absolute atomic E-state index is 0.0213. The number of nitrogens with zero attached hydrogens (tertiary/aromatic N) is 4. The van der Waals surface area contributed by atoms with Gasteiger partial charge in [-0.15, -0.1) is 0 Å². The van der Waals surface area contributed by atoms with Crippen LogP contribution < -0.4 is 10.1 Å². The number of anilines is 1. The summed E-state index contributed by atoms with van der Waals surface area (Å²) in [6.45, 7) is -2.51.